The second kappa shape index (κ2) is 8.44. The number of carboxylic acids is 1. The van der Waals surface area contributed by atoms with Gasteiger partial charge in [0.1, 0.15) is 30.5 Å². The molecule has 0 amide bonds. The number of hydrogen-bond acceptors (Lipinski definition) is 9. The topological polar surface area (TPSA) is 199 Å². The maximum Gasteiger partial charge on any atom is 0.332 e. The van der Waals surface area contributed by atoms with E-state index in [1.165, 1.54) is 0 Å². The third kappa shape index (κ3) is 5.26. The van der Waals surface area contributed by atoms with Crippen molar-refractivity contribution in [1.29, 1.82) is 0 Å². The fraction of sp³-hybridized carbons (Fsp3) is 0.900. The molecule has 0 spiro atoms. The number of carbonyl (C=O) groups is 1. The molecule has 0 fully saturated rings. The van der Waals surface area contributed by atoms with Crippen LogP contribution in [0.5, 0.6) is 0 Å². The minimum atomic E-state index is -2.14. The van der Waals surface area contributed by atoms with Crippen LogP contribution in [0.2, 0.25) is 0 Å². The summed E-state index contributed by atoms with van der Waals surface area (Å²) in [6.45, 7) is -0.915. The Hall–Kier alpha value is -0.850. The van der Waals surface area contributed by atoms with Gasteiger partial charge in [0.25, 0.3) is 0 Å². The van der Waals surface area contributed by atoms with Crippen molar-refractivity contribution in [3.05, 3.63) is 0 Å². The Balaban J connectivity index is 4.59. The number of rotatable bonds is 9. The lowest BCUT2D eigenvalue weighted by atomic mass is 9.94. The highest BCUT2D eigenvalue weighted by Gasteiger charge is 2.37. The third-order valence-electron chi connectivity index (χ3n) is 2.78. The van der Waals surface area contributed by atoms with Crippen molar-refractivity contribution in [2.24, 2.45) is 0 Å². The van der Waals surface area contributed by atoms with Gasteiger partial charge in [-0.3, -0.25) is 0 Å². The van der Waals surface area contributed by atoms with Crippen molar-refractivity contribution in [2.75, 3.05) is 6.61 Å². The molecule has 0 aliphatic heterocycles. The highest BCUT2D eigenvalue weighted by molar-refractivity contribution is 5.71. The van der Waals surface area contributed by atoms with Crippen molar-refractivity contribution in [2.45, 2.75) is 49.1 Å². The van der Waals surface area contributed by atoms with Gasteiger partial charge in [-0.05, 0) is 0 Å². The Morgan fingerprint density at radius 3 is 1.50 bits per heavy atom. The van der Waals surface area contributed by atoms with Crippen LogP contribution in [-0.4, -0.2) is 101 Å². The molecule has 20 heavy (non-hydrogen) atoms. The van der Waals surface area contributed by atoms with Crippen molar-refractivity contribution in [1.82, 2.24) is 0 Å². The Morgan fingerprint density at radius 2 is 1.15 bits per heavy atom. The van der Waals surface area contributed by atoms with E-state index in [1.807, 2.05) is 0 Å². The molecule has 10 nitrogen and oxygen atoms in total. The first-order valence-electron chi connectivity index (χ1n) is 5.73. The molecule has 0 saturated heterocycles. The van der Waals surface area contributed by atoms with E-state index in [1.54, 1.807) is 0 Å². The lowest BCUT2D eigenvalue weighted by Gasteiger charge is -2.30. The first-order chi connectivity index (χ1) is 9.13. The van der Waals surface area contributed by atoms with Gasteiger partial charge in [0.2, 0.25) is 0 Å². The summed E-state index contributed by atoms with van der Waals surface area (Å²) >= 11 is 0. The molecule has 0 radical (unpaired) electrons. The predicted molar refractivity (Wildman–Crippen MR) is 61.4 cm³/mol. The zero-order valence-electron chi connectivity index (χ0n) is 10.4. The zero-order chi connectivity index (χ0) is 16.0. The van der Waals surface area contributed by atoms with E-state index in [0.717, 1.165) is 0 Å². The predicted octanol–water partition coefficient (Wildman–Crippen LogP) is -5.02. The average molecular weight is 300 g/mol. The van der Waals surface area contributed by atoms with E-state index in [0.29, 0.717) is 0 Å². The molecular weight excluding hydrogens is 280 g/mol. The maximum atomic E-state index is 10.3. The fourth-order valence-electron chi connectivity index (χ4n) is 1.44. The molecule has 0 saturated carbocycles. The van der Waals surface area contributed by atoms with Gasteiger partial charge in [0.15, 0.2) is 6.10 Å². The van der Waals surface area contributed by atoms with E-state index in [4.69, 9.17) is 20.4 Å². The molecule has 0 aromatic rings. The van der Waals surface area contributed by atoms with Crippen LogP contribution < -0.4 is 0 Å². The van der Waals surface area contributed by atoms with E-state index < -0.39 is 61.7 Å². The molecule has 0 aromatic heterocycles. The standard InChI is InChI=1S/C10H20O10/c11-2-5(14)7(16)9(18)8(17)6(15)3(12)1-4(13)10(19)20/h3-9,11-18H,1-2H2,(H,19,20). The van der Waals surface area contributed by atoms with Crippen molar-refractivity contribution >= 4 is 5.97 Å². The summed E-state index contributed by atoms with van der Waals surface area (Å²) in [5.74, 6) is -1.65. The second-order valence-electron chi connectivity index (χ2n) is 4.37. The second-order valence-corrected chi connectivity index (χ2v) is 4.37. The van der Waals surface area contributed by atoms with Gasteiger partial charge in [-0.2, -0.15) is 0 Å². The Kier molecular flexibility index (Phi) is 8.08. The van der Waals surface area contributed by atoms with Crippen molar-refractivity contribution < 1.29 is 50.8 Å². The lowest BCUT2D eigenvalue weighted by molar-refractivity contribution is -0.165. The molecule has 0 rings (SSSR count). The van der Waals surface area contributed by atoms with Crippen LogP contribution in [0.4, 0.5) is 0 Å². The molecule has 7 atom stereocenters. The van der Waals surface area contributed by atoms with Crippen LogP contribution in [0.25, 0.3) is 0 Å². The first-order valence-corrected chi connectivity index (χ1v) is 5.73. The van der Waals surface area contributed by atoms with Crippen LogP contribution in [-0.2, 0) is 4.79 Å². The molecule has 7 unspecified atom stereocenters. The van der Waals surface area contributed by atoms with Crippen LogP contribution in [0.15, 0.2) is 0 Å². The van der Waals surface area contributed by atoms with Gasteiger partial charge in [-0.25, -0.2) is 4.79 Å². The van der Waals surface area contributed by atoms with E-state index in [9.17, 15) is 30.3 Å². The maximum absolute atomic E-state index is 10.3. The van der Waals surface area contributed by atoms with Gasteiger partial charge >= 0.3 is 5.97 Å². The highest BCUT2D eigenvalue weighted by atomic mass is 16.4. The van der Waals surface area contributed by atoms with Gasteiger partial charge < -0.3 is 46.0 Å². The summed E-state index contributed by atoms with van der Waals surface area (Å²) < 4.78 is 0. The fourth-order valence-corrected chi connectivity index (χ4v) is 1.44. The lowest BCUT2D eigenvalue weighted by Crippen LogP contribution is -2.53. The number of aliphatic hydroxyl groups excluding tert-OH is 8. The normalized spacial score (nSPS) is 22.4. The monoisotopic (exact) mass is 300 g/mol. The van der Waals surface area contributed by atoms with Crippen molar-refractivity contribution in [3.8, 4) is 0 Å². The van der Waals surface area contributed by atoms with Crippen LogP contribution >= 0.6 is 0 Å². The van der Waals surface area contributed by atoms with Crippen LogP contribution in [0, 0.1) is 0 Å². The van der Waals surface area contributed by atoms with E-state index in [2.05, 4.69) is 0 Å². The average Bonchev–Trinajstić information content (AvgIpc) is 2.42. The molecule has 0 heterocycles. The number of carboxylic acid groups (broad SMARTS) is 1. The number of aliphatic hydroxyl groups is 8. The molecule has 10 heteroatoms. The molecule has 0 aliphatic carbocycles. The van der Waals surface area contributed by atoms with E-state index in [-0.39, 0.29) is 0 Å². The van der Waals surface area contributed by atoms with Crippen molar-refractivity contribution in [3.63, 3.8) is 0 Å². The minimum absolute atomic E-state index is 0.821. The smallest absolute Gasteiger partial charge is 0.332 e. The number of hydrogen-bond donors (Lipinski definition) is 9. The molecule has 0 aliphatic rings. The quantitative estimate of drug-likeness (QED) is 0.198. The van der Waals surface area contributed by atoms with E-state index >= 15 is 0 Å². The Morgan fingerprint density at radius 1 is 0.750 bits per heavy atom. The minimum Gasteiger partial charge on any atom is -0.479 e. The summed E-state index contributed by atoms with van der Waals surface area (Å²) in [7, 11) is 0. The Labute approximate surface area is 113 Å². The van der Waals surface area contributed by atoms with Crippen LogP contribution in [0.3, 0.4) is 0 Å². The van der Waals surface area contributed by atoms with Gasteiger partial charge in [-0.1, -0.05) is 0 Å². The summed E-state index contributed by atoms with van der Waals surface area (Å²) in [5.41, 5.74) is 0. The summed E-state index contributed by atoms with van der Waals surface area (Å²) in [6.07, 6.45) is -14.8. The summed E-state index contributed by atoms with van der Waals surface area (Å²) in [5, 5.41) is 82.0. The highest BCUT2D eigenvalue weighted by Crippen LogP contribution is 2.14. The summed E-state index contributed by atoms with van der Waals surface area (Å²) in [6, 6.07) is 0. The van der Waals surface area contributed by atoms with Crippen LogP contribution in [0.1, 0.15) is 6.42 Å². The molecular formula is C10H20O10. The van der Waals surface area contributed by atoms with Gasteiger partial charge in [0.05, 0.1) is 12.7 Å². The molecule has 120 valence electrons. The SMILES string of the molecule is O=C(O)C(O)CC(O)C(O)C(O)C(O)C(O)C(O)CO. The first kappa shape index (κ1) is 19.1. The third-order valence-corrected chi connectivity index (χ3v) is 2.78. The Bertz CT molecular complexity index is 298. The number of aliphatic carboxylic acids is 1. The largest absolute Gasteiger partial charge is 0.479 e. The molecule has 9 N–H and O–H groups in total. The molecule has 0 bridgehead atoms. The zero-order valence-corrected chi connectivity index (χ0v) is 10.4. The van der Waals surface area contributed by atoms with Gasteiger partial charge in [-0.15, -0.1) is 0 Å². The molecule has 0 aromatic carbocycles. The van der Waals surface area contributed by atoms with Gasteiger partial charge in [0, 0.05) is 6.42 Å². The summed E-state index contributed by atoms with van der Waals surface area (Å²) in [4.78, 5) is 10.3.